The Kier molecular flexibility index (Phi) is 6.66. The third-order valence-corrected chi connectivity index (χ3v) is 5.69. The molecule has 2 heterocycles. The molecule has 0 bridgehead atoms. The van der Waals surface area contributed by atoms with Gasteiger partial charge in [0.1, 0.15) is 17.5 Å². The number of benzene rings is 2. The third kappa shape index (κ3) is 5.78. The molecule has 1 unspecified atom stereocenters. The number of halogens is 5. The molecule has 0 saturated carbocycles. The van der Waals surface area contributed by atoms with Crippen molar-refractivity contribution in [1.29, 1.82) is 0 Å². The summed E-state index contributed by atoms with van der Waals surface area (Å²) in [6, 6.07) is 9.88. The minimum absolute atomic E-state index is 0.0447. The molecule has 1 aromatic heterocycles. The van der Waals surface area contributed by atoms with Crippen LogP contribution in [0.3, 0.4) is 0 Å². The van der Waals surface area contributed by atoms with E-state index in [4.69, 9.17) is 5.73 Å². The number of carbonyl (C=O) groups is 1. The van der Waals surface area contributed by atoms with Crippen LogP contribution >= 0.6 is 11.9 Å². The van der Waals surface area contributed by atoms with Gasteiger partial charge in [-0.05, 0) is 42.0 Å². The monoisotopic (exact) mass is 500 g/mol. The first-order valence-corrected chi connectivity index (χ1v) is 10.6. The first kappa shape index (κ1) is 23.8. The number of hydrogen-bond donors (Lipinski definition) is 1. The molecule has 2 N–H and O–H groups in total. The summed E-state index contributed by atoms with van der Waals surface area (Å²) in [4.78, 5) is 15.0. The number of nitrogens with two attached hydrogens (primary N) is 1. The van der Waals surface area contributed by atoms with Gasteiger partial charge in [0, 0.05) is 35.1 Å². The van der Waals surface area contributed by atoms with E-state index in [0.717, 1.165) is 22.6 Å². The summed E-state index contributed by atoms with van der Waals surface area (Å²) >= 11 is 1.25. The van der Waals surface area contributed by atoms with E-state index >= 15 is 0 Å². The van der Waals surface area contributed by atoms with Gasteiger partial charge in [0.05, 0.1) is 12.2 Å². The fraction of sp³-hybridized carbons (Fsp3) is 0.238. The second-order valence-electron chi connectivity index (χ2n) is 7.24. The summed E-state index contributed by atoms with van der Waals surface area (Å²) in [7, 11) is 0. The summed E-state index contributed by atoms with van der Waals surface area (Å²) in [6.45, 7) is -2.47. The number of rotatable bonds is 7. The number of alkyl halides is 5. The normalized spacial score (nSPS) is 14.3. The van der Waals surface area contributed by atoms with Crippen molar-refractivity contribution in [1.82, 2.24) is 14.1 Å². The molecule has 0 saturated heterocycles. The first-order valence-electron chi connectivity index (χ1n) is 9.78. The van der Waals surface area contributed by atoms with Gasteiger partial charge in [0.2, 0.25) is 5.91 Å². The van der Waals surface area contributed by atoms with Crippen LogP contribution in [-0.2, 0) is 17.9 Å². The van der Waals surface area contributed by atoms with E-state index < -0.39 is 30.7 Å². The Hall–Kier alpha value is -3.32. The number of aromatic nitrogens is 2. The Morgan fingerprint density at radius 2 is 1.82 bits per heavy atom. The van der Waals surface area contributed by atoms with Gasteiger partial charge in [-0.25, -0.2) is 4.09 Å². The minimum Gasteiger partial charge on any atom is -0.435 e. The van der Waals surface area contributed by atoms with Crippen LogP contribution in [0.1, 0.15) is 22.9 Å². The standard InChI is InChI=1S/C21H17F5N4O3S/c22-20(23)32-14-4-6-16(7-5-14)34-30-10-13-9-29(11-17(13)28-30)19(31)18(27)12-2-1-3-15(8-12)33-21(24,25)26/h1-8,10,18,20H,9,11,27H2. The maximum absolute atomic E-state index is 12.8. The molecular formula is C21H17F5N4O3S. The number of fused-ring (bicyclic) bond motifs is 1. The van der Waals surface area contributed by atoms with Crippen LogP contribution in [0.5, 0.6) is 11.5 Å². The highest BCUT2D eigenvalue weighted by atomic mass is 32.2. The van der Waals surface area contributed by atoms with E-state index in [2.05, 4.69) is 14.6 Å². The highest BCUT2D eigenvalue weighted by molar-refractivity contribution is 7.97. The molecule has 2 aromatic carbocycles. The van der Waals surface area contributed by atoms with Crippen molar-refractivity contribution in [2.24, 2.45) is 5.73 Å². The average Bonchev–Trinajstić information content (AvgIpc) is 3.31. The summed E-state index contributed by atoms with van der Waals surface area (Å²) in [6.07, 6.45) is -3.12. The van der Waals surface area contributed by atoms with E-state index in [-0.39, 0.29) is 24.4 Å². The number of hydrogen-bond acceptors (Lipinski definition) is 6. The topological polar surface area (TPSA) is 82.6 Å². The molecule has 1 aliphatic heterocycles. The smallest absolute Gasteiger partial charge is 0.435 e. The predicted octanol–water partition coefficient (Wildman–Crippen LogP) is 4.48. The van der Waals surface area contributed by atoms with E-state index in [9.17, 15) is 26.7 Å². The molecule has 1 atom stereocenters. The Labute approximate surface area is 194 Å². The third-order valence-electron chi connectivity index (χ3n) is 4.83. The lowest BCUT2D eigenvalue weighted by Crippen LogP contribution is -2.35. The van der Waals surface area contributed by atoms with Crippen molar-refractivity contribution in [2.45, 2.75) is 37.0 Å². The molecule has 1 amide bonds. The van der Waals surface area contributed by atoms with E-state index in [1.54, 1.807) is 22.4 Å². The van der Waals surface area contributed by atoms with Gasteiger partial charge >= 0.3 is 13.0 Å². The fourth-order valence-corrected chi connectivity index (χ4v) is 4.16. The average molecular weight is 500 g/mol. The quantitative estimate of drug-likeness (QED) is 0.482. The molecule has 1 aliphatic rings. The number of ether oxygens (including phenoxy) is 2. The molecule has 34 heavy (non-hydrogen) atoms. The lowest BCUT2D eigenvalue weighted by atomic mass is 10.1. The SMILES string of the molecule is NC(C(=O)N1Cc2cn(Sc3ccc(OC(F)F)cc3)nc2C1)c1cccc(OC(F)(F)F)c1. The fourth-order valence-electron chi connectivity index (χ4n) is 3.36. The lowest BCUT2D eigenvalue weighted by Gasteiger charge is -2.21. The van der Waals surface area contributed by atoms with E-state index in [1.165, 1.54) is 41.1 Å². The Balaban J connectivity index is 1.37. The van der Waals surface area contributed by atoms with Gasteiger partial charge in [0.15, 0.2) is 0 Å². The van der Waals surface area contributed by atoms with Crippen LogP contribution in [0.25, 0.3) is 0 Å². The van der Waals surface area contributed by atoms with Crippen LogP contribution in [-0.4, -0.2) is 33.0 Å². The van der Waals surface area contributed by atoms with Crippen LogP contribution < -0.4 is 15.2 Å². The molecule has 0 radical (unpaired) electrons. The molecule has 180 valence electrons. The van der Waals surface area contributed by atoms with Crippen LogP contribution in [0.15, 0.2) is 59.6 Å². The molecule has 0 spiro atoms. The molecule has 0 aliphatic carbocycles. The highest BCUT2D eigenvalue weighted by Crippen LogP contribution is 2.30. The van der Waals surface area contributed by atoms with Crippen molar-refractivity contribution in [2.75, 3.05) is 0 Å². The van der Waals surface area contributed by atoms with Crippen molar-refractivity contribution in [3.8, 4) is 11.5 Å². The van der Waals surface area contributed by atoms with E-state index in [0.29, 0.717) is 5.69 Å². The van der Waals surface area contributed by atoms with Gasteiger partial charge in [0.25, 0.3) is 0 Å². The predicted molar refractivity (Wildman–Crippen MR) is 111 cm³/mol. The molecule has 7 nitrogen and oxygen atoms in total. The van der Waals surface area contributed by atoms with E-state index in [1.807, 2.05) is 0 Å². The minimum atomic E-state index is -4.85. The number of carbonyl (C=O) groups excluding carboxylic acids is 1. The van der Waals surface area contributed by atoms with Crippen LogP contribution in [0.4, 0.5) is 22.0 Å². The summed E-state index contributed by atoms with van der Waals surface area (Å²) in [5, 5.41) is 4.42. The van der Waals surface area contributed by atoms with Crippen molar-refractivity contribution < 1.29 is 36.2 Å². The molecule has 13 heteroatoms. The zero-order valence-corrected chi connectivity index (χ0v) is 18.0. The first-order chi connectivity index (χ1) is 16.1. The molecule has 4 rings (SSSR count). The summed E-state index contributed by atoms with van der Waals surface area (Å²) in [5.41, 5.74) is 7.65. The second-order valence-corrected chi connectivity index (χ2v) is 8.27. The molecular weight excluding hydrogens is 483 g/mol. The molecule has 0 fully saturated rings. The Morgan fingerprint density at radius 1 is 1.09 bits per heavy atom. The maximum Gasteiger partial charge on any atom is 0.573 e. The number of nitrogens with zero attached hydrogens (tertiary/aromatic N) is 3. The van der Waals surface area contributed by atoms with Crippen molar-refractivity contribution in [3.63, 3.8) is 0 Å². The summed E-state index contributed by atoms with van der Waals surface area (Å²) < 4.78 is 71.7. The summed E-state index contributed by atoms with van der Waals surface area (Å²) in [5.74, 6) is -0.876. The zero-order chi connectivity index (χ0) is 24.5. The number of amides is 1. The van der Waals surface area contributed by atoms with Gasteiger partial charge in [-0.1, -0.05) is 12.1 Å². The maximum atomic E-state index is 12.8. The highest BCUT2D eigenvalue weighted by Gasteiger charge is 2.33. The van der Waals surface area contributed by atoms with Gasteiger partial charge in [-0.2, -0.15) is 13.9 Å². The largest absolute Gasteiger partial charge is 0.573 e. The Morgan fingerprint density at radius 3 is 2.47 bits per heavy atom. The van der Waals surface area contributed by atoms with Gasteiger partial charge in [-0.15, -0.1) is 13.2 Å². The van der Waals surface area contributed by atoms with Gasteiger partial charge in [-0.3, -0.25) is 4.79 Å². The Bertz CT molecular complexity index is 1150. The van der Waals surface area contributed by atoms with Gasteiger partial charge < -0.3 is 20.1 Å². The lowest BCUT2D eigenvalue weighted by molar-refractivity contribution is -0.274. The van der Waals surface area contributed by atoms with Crippen LogP contribution in [0, 0.1) is 0 Å². The zero-order valence-electron chi connectivity index (χ0n) is 17.2. The van der Waals surface area contributed by atoms with Crippen molar-refractivity contribution in [3.05, 3.63) is 71.5 Å². The van der Waals surface area contributed by atoms with Crippen LogP contribution in [0.2, 0.25) is 0 Å². The second kappa shape index (κ2) is 9.50. The van der Waals surface area contributed by atoms with Crippen molar-refractivity contribution >= 4 is 17.9 Å². The molecule has 3 aromatic rings.